The van der Waals surface area contributed by atoms with E-state index >= 15 is 0 Å². The molecule has 0 radical (unpaired) electrons. The van der Waals surface area contributed by atoms with E-state index in [0.29, 0.717) is 36.1 Å². The maximum Gasteiger partial charge on any atom is 0.223 e. The van der Waals surface area contributed by atoms with Crippen molar-refractivity contribution in [3.63, 3.8) is 0 Å². The molecule has 0 aromatic heterocycles. The molecule has 0 spiro atoms. The molecule has 3 saturated heterocycles. The van der Waals surface area contributed by atoms with Crippen LogP contribution in [0, 0.1) is 17.8 Å². The summed E-state index contributed by atoms with van der Waals surface area (Å²) in [5.41, 5.74) is 6.77. The Balaban J connectivity index is 1.09. The third kappa shape index (κ3) is 6.20. The number of hydrogen-bond acceptors (Lipinski definition) is 8. The molecule has 2 saturated carbocycles. The van der Waals surface area contributed by atoms with Gasteiger partial charge in [0.05, 0.1) is 0 Å². The lowest BCUT2D eigenvalue weighted by Crippen LogP contribution is -2.66. The van der Waals surface area contributed by atoms with Crippen molar-refractivity contribution in [3.8, 4) is 0 Å². The summed E-state index contributed by atoms with van der Waals surface area (Å²) in [4.78, 5) is 13.2. The van der Waals surface area contributed by atoms with E-state index in [0.717, 1.165) is 57.5 Å². The van der Waals surface area contributed by atoms with Crippen molar-refractivity contribution in [1.82, 2.24) is 42.6 Å². The van der Waals surface area contributed by atoms with Crippen LogP contribution >= 0.6 is 0 Å². The number of nitrogens with one attached hydrogen (secondary N) is 7. The van der Waals surface area contributed by atoms with E-state index in [4.69, 9.17) is 0 Å². The zero-order chi connectivity index (χ0) is 24.4. The summed E-state index contributed by atoms with van der Waals surface area (Å²) in [6.45, 7) is 10.2. The van der Waals surface area contributed by atoms with Crippen LogP contribution in [0.5, 0.6) is 0 Å². The van der Waals surface area contributed by atoms with Crippen LogP contribution in [0.1, 0.15) is 78.6 Å². The number of nitrogens with zero attached hydrogens (tertiary/aromatic N) is 1. The average Bonchev–Trinajstić information content (AvgIpc) is 3.30. The average molecular weight is 491 g/mol. The Hall–Kier alpha value is -0.810. The highest BCUT2D eigenvalue weighted by Crippen LogP contribution is 2.32. The minimum absolute atomic E-state index is 0.120. The van der Waals surface area contributed by atoms with Gasteiger partial charge < -0.3 is 10.6 Å². The van der Waals surface area contributed by atoms with Crippen LogP contribution in [-0.2, 0) is 4.79 Å². The summed E-state index contributed by atoms with van der Waals surface area (Å²) in [6, 6.07) is 2.58. The predicted octanol–water partition coefficient (Wildman–Crippen LogP) is 0.755. The van der Waals surface area contributed by atoms with Gasteiger partial charge in [0.1, 0.15) is 6.29 Å². The molecule has 35 heavy (non-hydrogen) atoms. The molecule has 9 heteroatoms. The molecule has 0 aromatic carbocycles. The topological polar surface area (TPSA) is 105 Å². The molecule has 2 aliphatic carbocycles. The van der Waals surface area contributed by atoms with Gasteiger partial charge in [0.25, 0.3) is 0 Å². The standard InChI is InChI=1S/C26H50N8O/c1-16(2)34-24-9-7-18(13-23(24)32-33-34)25(35)29-20-8-6-17(3)22(14-20)31-26-28-12-10-21(30-26)19-5-4-11-27-15-19/h16-24,26-28,30-33H,4-15H2,1-3H3,(H,29,35). The molecular formula is C26H50N8O. The Morgan fingerprint density at radius 3 is 2.69 bits per heavy atom. The van der Waals surface area contributed by atoms with Gasteiger partial charge in [-0.2, -0.15) is 5.53 Å². The Bertz CT molecular complexity index is 701. The lowest BCUT2D eigenvalue weighted by atomic mass is 9.80. The molecule has 9 atom stereocenters. The molecule has 5 fully saturated rings. The number of fused-ring (bicyclic) bond motifs is 1. The van der Waals surface area contributed by atoms with Gasteiger partial charge in [-0.3, -0.25) is 20.7 Å². The van der Waals surface area contributed by atoms with Gasteiger partial charge in [0, 0.05) is 42.2 Å². The van der Waals surface area contributed by atoms with E-state index < -0.39 is 0 Å². The quantitative estimate of drug-likeness (QED) is 0.293. The van der Waals surface area contributed by atoms with E-state index in [9.17, 15) is 4.79 Å². The summed E-state index contributed by atoms with van der Waals surface area (Å²) >= 11 is 0. The van der Waals surface area contributed by atoms with Gasteiger partial charge in [-0.05, 0) is 103 Å². The molecule has 5 aliphatic rings. The molecule has 0 aromatic rings. The number of carbonyl (C=O) groups is 1. The Labute approximate surface area is 212 Å². The molecular weight excluding hydrogens is 440 g/mol. The minimum atomic E-state index is 0.120. The number of rotatable bonds is 6. The third-order valence-corrected chi connectivity index (χ3v) is 9.49. The van der Waals surface area contributed by atoms with Crippen molar-refractivity contribution in [2.75, 3.05) is 19.6 Å². The molecule has 3 aliphatic heterocycles. The summed E-state index contributed by atoms with van der Waals surface area (Å²) < 4.78 is 0. The maximum atomic E-state index is 13.2. The minimum Gasteiger partial charge on any atom is -0.353 e. The Kier molecular flexibility index (Phi) is 8.64. The Morgan fingerprint density at radius 2 is 1.89 bits per heavy atom. The van der Waals surface area contributed by atoms with Gasteiger partial charge in [0.2, 0.25) is 5.91 Å². The highest BCUT2D eigenvalue weighted by molar-refractivity contribution is 5.79. The fourth-order valence-electron chi connectivity index (χ4n) is 7.29. The summed E-state index contributed by atoms with van der Waals surface area (Å²) in [5.74, 6) is 1.74. The highest BCUT2D eigenvalue weighted by atomic mass is 16.2. The number of hydrazine groups is 2. The summed E-state index contributed by atoms with van der Waals surface area (Å²) in [7, 11) is 0. The van der Waals surface area contributed by atoms with Crippen LogP contribution in [0.4, 0.5) is 0 Å². The van der Waals surface area contributed by atoms with Crippen molar-refractivity contribution in [1.29, 1.82) is 0 Å². The summed E-state index contributed by atoms with van der Waals surface area (Å²) in [6.07, 6.45) is 10.2. The van der Waals surface area contributed by atoms with Crippen molar-refractivity contribution in [3.05, 3.63) is 0 Å². The molecule has 200 valence electrons. The molecule has 7 N–H and O–H groups in total. The second-order valence-electron chi connectivity index (χ2n) is 12.3. The van der Waals surface area contributed by atoms with E-state index in [1.54, 1.807) is 0 Å². The molecule has 5 rings (SSSR count). The van der Waals surface area contributed by atoms with Gasteiger partial charge in [-0.1, -0.05) is 6.92 Å². The number of amides is 1. The van der Waals surface area contributed by atoms with Gasteiger partial charge in [-0.15, -0.1) is 0 Å². The fourth-order valence-corrected chi connectivity index (χ4v) is 7.29. The van der Waals surface area contributed by atoms with Crippen LogP contribution in [0.3, 0.4) is 0 Å². The first-order chi connectivity index (χ1) is 17.0. The second-order valence-corrected chi connectivity index (χ2v) is 12.3. The second kappa shape index (κ2) is 11.7. The lowest BCUT2D eigenvalue weighted by Gasteiger charge is -2.43. The normalized spacial score (nSPS) is 43.1. The lowest BCUT2D eigenvalue weighted by molar-refractivity contribution is -0.127. The number of piperidine rings is 1. The monoisotopic (exact) mass is 490 g/mol. The van der Waals surface area contributed by atoms with Crippen LogP contribution in [0.25, 0.3) is 0 Å². The van der Waals surface area contributed by atoms with Crippen LogP contribution in [0.15, 0.2) is 0 Å². The molecule has 9 unspecified atom stereocenters. The van der Waals surface area contributed by atoms with Crippen molar-refractivity contribution >= 4 is 5.91 Å². The molecule has 9 nitrogen and oxygen atoms in total. The van der Waals surface area contributed by atoms with Crippen LogP contribution in [0.2, 0.25) is 0 Å². The van der Waals surface area contributed by atoms with Gasteiger partial charge in [0.15, 0.2) is 0 Å². The maximum absolute atomic E-state index is 13.2. The van der Waals surface area contributed by atoms with Crippen molar-refractivity contribution in [2.24, 2.45) is 17.8 Å². The van der Waals surface area contributed by atoms with Crippen LogP contribution in [-0.4, -0.2) is 73.1 Å². The van der Waals surface area contributed by atoms with E-state index in [-0.39, 0.29) is 24.2 Å². The smallest absolute Gasteiger partial charge is 0.223 e. The molecule has 0 bridgehead atoms. The molecule has 1 amide bonds. The van der Waals surface area contributed by atoms with E-state index in [1.807, 2.05) is 0 Å². The van der Waals surface area contributed by atoms with E-state index in [2.05, 4.69) is 63.3 Å². The predicted molar refractivity (Wildman–Crippen MR) is 139 cm³/mol. The van der Waals surface area contributed by atoms with Crippen LogP contribution < -0.4 is 37.5 Å². The first kappa shape index (κ1) is 25.8. The largest absolute Gasteiger partial charge is 0.353 e. The third-order valence-electron chi connectivity index (χ3n) is 9.49. The zero-order valence-electron chi connectivity index (χ0n) is 22.1. The first-order valence-electron chi connectivity index (χ1n) is 14.5. The highest BCUT2D eigenvalue weighted by Gasteiger charge is 2.42. The first-order valence-corrected chi connectivity index (χ1v) is 14.5. The van der Waals surface area contributed by atoms with Gasteiger partial charge in [-0.25, -0.2) is 10.4 Å². The van der Waals surface area contributed by atoms with Crippen molar-refractivity contribution < 1.29 is 4.79 Å². The number of carbonyl (C=O) groups excluding carboxylic acids is 1. The SMILES string of the molecule is CC1CCC(NC(=O)C2CCC3C(C2)NNN3C(C)C)CC1NC1NCCC(C2CCCNC2)N1. The van der Waals surface area contributed by atoms with Gasteiger partial charge >= 0.3 is 0 Å². The Morgan fingerprint density at radius 1 is 1.00 bits per heavy atom. The fraction of sp³-hybridized carbons (Fsp3) is 0.962. The summed E-state index contributed by atoms with van der Waals surface area (Å²) in [5, 5.41) is 20.8. The molecule has 3 heterocycles. The zero-order valence-corrected chi connectivity index (χ0v) is 22.1. The number of hydrogen-bond donors (Lipinski definition) is 7. The van der Waals surface area contributed by atoms with Crippen molar-refractivity contribution in [2.45, 2.75) is 121 Å². The van der Waals surface area contributed by atoms with E-state index in [1.165, 1.54) is 25.8 Å².